The summed E-state index contributed by atoms with van der Waals surface area (Å²) in [6.07, 6.45) is 1.08. The molecule has 1 saturated heterocycles. The first-order chi connectivity index (χ1) is 13.6. The van der Waals surface area contributed by atoms with Gasteiger partial charge < -0.3 is 15.1 Å². The normalized spacial score (nSPS) is 14.0. The zero-order valence-electron chi connectivity index (χ0n) is 16.1. The molecule has 1 aliphatic heterocycles. The van der Waals surface area contributed by atoms with Crippen molar-refractivity contribution < 1.29 is 9.72 Å². The Morgan fingerprint density at radius 3 is 2.46 bits per heavy atom. The number of nitro groups is 1. The Morgan fingerprint density at radius 2 is 1.75 bits per heavy atom. The maximum Gasteiger partial charge on any atom is 0.292 e. The molecular weight excluding hydrogens is 356 g/mol. The van der Waals surface area contributed by atoms with Crippen molar-refractivity contribution in [3.05, 3.63) is 64.2 Å². The minimum Gasteiger partial charge on any atom is -0.379 e. The zero-order valence-corrected chi connectivity index (χ0v) is 16.1. The highest BCUT2D eigenvalue weighted by molar-refractivity contribution is 5.76. The fraction of sp³-hybridized carbons (Fsp3) is 0.381. The van der Waals surface area contributed by atoms with E-state index >= 15 is 0 Å². The molecule has 148 valence electrons. The van der Waals surface area contributed by atoms with Crippen LogP contribution >= 0.6 is 0 Å². The van der Waals surface area contributed by atoms with Crippen LogP contribution < -0.4 is 10.2 Å². The molecule has 1 heterocycles. The first-order valence-corrected chi connectivity index (χ1v) is 9.62. The Hall–Kier alpha value is -3.09. The van der Waals surface area contributed by atoms with E-state index in [1.165, 1.54) is 17.3 Å². The number of carbonyl (C=O) groups excluding carboxylic acids is 1. The number of amides is 1. The van der Waals surface area contributed by atoms with Crippen LogP contribution in [0.2, 0.25) is 0 Å². The molecule has 2 aromatic carbocycles. The number of rotatable bonds is 7. The topological polar surface area (TPSA) is 78.7 Å². The van der Waals surface area contributed by atoms with E-state index in [4.69, 9.17) is 0 Å². The molecule has 28 heavy (non-hydrogen) atoms. The van der Waals surface area contributed by atoms with Crippen molar-refractivity contribution in [2.45, 2.75) is 19.8 Å². The Balaban J connectivity index is 1.42. The smallest absolute Gasteiger partial charge is 0.292 e. The summed E-state index contributed by atoms with van der Waals surface area (Å²) in [4.78, 5) is 27.3. The number of anilines is 2. The summed E-state index contributed by atoms with van der Waals surface area (Å²) < 4.78 is 0. The number of hydrogen-bond acceptors (Lipinski definition) is 5. The minimum absolute atomic E-state index is 0.0566. The number of benzene rings is 2. The van der Waals surface area contributed by atoms with Crippen LogP contribution in [0.1, 0.15) is 18.4 Å². The highest BCUT2D eigenvalue weighted by Crippen LogP contribution is 2.23. The number of piperazine rings is 1. The second-order valence-corrected chi connectivity index (χ2v) is 6.96. The summed E-state index contributed by atoms with van der Waals surface area (Å²) in [5.74, 6) is 0.147. The number of nitrogens with one attached hydrogen (secondary N) is 1. The van der Waals surface area contributed by atoms with Gasteiger partial charge in [0.1, 0.15) is 5.69 Å². The van der Waals surface area contributed by atoms with E-state index in [1.54, 1.807) is 18.2 Å². The largest absolute Gasteiger partial charge is 0.379 e. The molecule has 1 amide bonds. The fourth-order valence-electron chi connectivity index (χ4n) is 3.52. The van der Waals surface area contributed by atoms with E-state index in [-0.39, 0.29) is 11.6 Å². The lowest BCUT2D eigenvalue weighted by Gasteiger charge is -2.37. The Kier molecular flexibility index (Phi) is 6.47. The van der Waals surface area contributed by atoms with Gasteiger partial charge >= 0.3 is 0 Å². The molecule has 0 spiro atoms. The van der Waals surface area contributed by atoms with Crippen LogP contribution in [-0.4, -0.2) is 48.5 Å². The van der Waals surface area contributed by atoms with Crippen molar-refractivity contribution in [3.63, 3.8) is 0 Å². The number of nitro benzene ring substituents is 1. The van der Waals surface area contributed by atoms with Gasteiger partial charge in [-0.05, 0) is 31.0 Å². The van der Waals surface area contributed by atoms with Crippen LogP contribution in [0.25, 0.3) is 0 Å². The first-order valence-electron chi connectivity index (χ1n) is 9.62. The van der Waals surface area contributed by atoms with E-state index in [0.717, 1.165) is 26.2 Å². The SMILES string of the molecule is Cc1ccccc1N1CCN(C(=O)CCCNc2ccccc2[N+](=O)[O-])CC1. The van der Waals surface area contributed by atoms with Crippen LogP contribution in [0.4, 0.5) is 17.1 Å². The van der Waals surface area contributed by atoms with E-state index in [9.17, 15) is 14.9 Å². The molecule has 0 saturated carbocycles. The third kappa shape index (κ3) is 4.79. The zero-order chi connectivity index (χ0) is 19.9. The summed E-state index contributed by atoms with van der Waals surface area (Å²) in [5.41, 5.74) is 3.04. The van der Waals surface area contributed by atoms with Gasteiger partial charge in [0.25, 0.3) is 5.69 Å². The quantitative estimate of drug-likeness (QED) is 0.451. The first kappa shape index (κ1) is 19.7. The molecule has 0 aromatic heterocycles. The van der Waals surface area contributed by atoms with Gasteiger partial charge in [-0.1, -0.05) is 30.3 Å². The highest BCUT2D eigenvalue weighted by Gasteiger charge is 2.21. The lowest BCUT2D eigenvalue weighted by molar-refractivity contribution is -0.384. The molecule has 3 rings (SSSR count). The molecule has 0 aliphatic carbocycles. The summed E-state index contributed by atoms with van der Waals surface area (Å²) >= 11 is 0. The van der Waals surface area contributed by atoms with Gasteiger partial charge in [0.15, 0.2) is 0 Å². The summed E-state index contributed by atoms with van der Waals surface area (Å²) in [6.45, 7) is 5.77. The average molecular weight is 382 g/mol. The number of hydrogen-bond donors (Lipinski definition) is 1. The van der Waals surface area contributed by atoms with Crippen LogP contribution in [-0.2, 0) is 4.79 Å². The van der Waals surface area contributed by atoms with Crippen molar-refractivity contribution in [2.24, 2.45) is 0 Å². The Bertz CT molecular complexity index is 832. The summed E-state index contributed by atoms with van der Waals surface area (Å²) in [7, 11) is 0. The van der Waals surface area contributed by atoms with Gasteiger partial charge in [-0.15, -0.1) is 0 Å². The molecule has 1 N–H and O–H groups in total. The predicted octanol–water partition coefficient (Wildman–Crippen LogP) is 3.44. The van der Waals surface area contributed by atoms with Crippen molar-refractivity contribution in [1.82, 2.24) is 4.90 Å². The molecule has 7 heteroatoms. The third-order valence-corrected chi connectivity index (χ3v) is 5.07. The van der Waals surface area contributed by atoms with Crippen molar-refractivity contribution in [1.29, 1.82) is 0 Å². The van der Waals surface area contributed by atoms with E-state index in [0.29, 0.717) is 25.1 Å². The lowest BCUT2D eigenvalue weighted by atomic mass is 10.1. The molecule has 1 aliphatic rings. The monoisotopic (exact) mass is 382 g/mol. The van der Waals surface area contributed by atoms with E-state index in [2.05, 4.69) is 29.3 Å². The van der Waals surface area contributed by atoms with Gasteiger partial charge in [0, 0.05) is 50.9 Å². The van der Waals surface area contributed by atoms with Crippen LogP contribution in [0.15, 0.2) is 48.5 Å². The predicted molar refractivity (Wildman–Crippen MR) is 111 cm³/mol. The third-order valence-electron chi connectivity index (χ3n) is 5.07. The second-order valence-electron chi connectivity index (χ2n) is 6.96. The van der Waals surface area contributed by atoms with Crippen LogP contribution in [0, 0.1) is 17.0 Å². The lowest BCUT2D eigenvalue weighted by Crippen LogP contribution is -2.49. The molecule has 0 atom stereocenters. The van der Waals surface area contributed by atoms with E-state index < -0.39 is 4.92 Å². The van der Waals surface area contributed by atoms with Crippen molar-refractivity contribution in [3.8, 4) is 0 Å². The van der Waals surface area contributed by atoms with E-state index in [1.807, 2.05) is 17.0 Å². The molecule has 2 aromatic rings. The summed E-state index contributed by atoms with van der Waals surface area (Å²) in [5, 5.41) is 14.1. The molecule has 0 radical (unpaired) electrons. The van der Waals surface area contributed by atoms with Crippen molar-refractivity contribution in [2.75, 3.05) is 42.9 Å². The highest BCUT2D eigenvalue weighted by atomic mass is 16.6. The van der Waals surface area contributed by atoms with Gasteiger partial charge in [0.2, 0.25) is 5.91 Å². The molecule has 1 fully saturated rings. The number of carbonyl (C=O) groups is 1. The van der Waals surface area contributed by atoms with Crippen LogP contribution in [0.3, 0.4) is 0 Å². The minimum atomic E-state index is -0.401. The van der Waals surface area contributed by atoms with Crippen molar-refractivity contribution >= 4 is 23.0 Å². The number of para-hydroxylation sites is 3. The fourth-order valence-corrected chi connectivity index (χ4v) is 3.52. The summed E-state index contributed by atoms with van der Waals surface area (Å²) in [6, 6.07) is 14.9. The van der Waals surface area contributed by atoms with Gasteiger partial charge in [0.05, 0.1) is 4.92 Å². The van der Waals surface area contributed by atoms with Gasteiger partial charge in [-0.3, -0.25) is 14.9 Å². The Labute approximate surface area is 165 Å². The Morgan fingerprint density at radius 1 is 1.07 bits per heavy atom. The van der Waals surface area contributed by atoms with Gasteiger partial charge in [-0.2, -0.15) is 0 Å². The average Bonchev–Trinajstić information content (AvgIpc) is 2.72. The molecule has 0 bridgehead atoms. The number of nitrogens with zero attached hydrogens (tertiary/aromatic N) is 3. The number of aryl methyl sites for hydroxylation is 1. The standard InChI is InChI=1S/C21H26N4O3/c1-17-7-2-4-9-19(17)23-13-15-24(16-14-23)21(26)11-6-12-22-18-8-3-5-10-20(18)25(27)28/h2-5,7-10,22H,6,11-16H2,1H3. The maximum absolute atomic E-state index is 12.5. The second kappa shape index (κ2) is 9.21. The molecule has 0 unspecified atom stereocenters. The van der Waals surface area contributed by atoms with Crippen LogP contribution in [0.5, 0.6) is 0 Å². The van der Waals surface area contributed by atoms with Gasteiger partial charge in [-0.25, -0.2) is 0 Å². The maximum atomic E-state index is 12.5. The molecule has 7 nitrogen and oxygen atoms in total. The molecular formula is C21H26N4O3.